The zero-order chi connectivity index (χ0) is 16.5. The van der Waals surface area contributed by atoms with Crippen molar-refractivity contribution in [1.29, 1.82) is 0 Å². The third-order valence-corrected chi connectivity index (χ3v) is 4.08. The summed E-state index contributed by atoms with van der Waals surface area (Å²) >= 11 is 17.9. The topological polar surface area (TPSA) is 42.0 Å². The number of hydrogen-bond donors (Lipinski definition) is 1. The molecule has 0 saturated heterocycles. The Labute approximate surface area is 144 Å². The van der Waals surface area contributed by atoms with Crippen molar-refractivity contribution in [2.45, 2.75) is 26.2 Å². The molecule has 116 valence electrons. The number of nitrogens with one attached hydrogen (secondary N) is 1. The Morgan fingerprint density at radius 3 is 2.32 bits per heavy atom. The molecule has 1 amide bonds. The number of hydrogen-bond acceptors (Lipinski definition) is 2. The van der Waals surface area contributed by atoms with Crippen LogP contribution in [0.2, 0.25) is 15.1 Å². The van der Waals surface area contributed by atoms with Crippen molar-refractivity contribution in [3.63, 3.8) is 0 Å². The molecule has 6 heteroatoms. The van der Waals surface area contributed by atoms with E-state index in [-0.39, 0.29) is 11.3 Å². The van der Waals surface area contributed by atoms with Crippen molar-refractivity contribution in [2.24, 2.45) is 0 Å². The molecule has 1 heterocycles. The minimum atomic E-state index is -0.284. The van der Waals surface area contributed by atoms with E-state index in [1.807, 2.05) is 20.8 Å². The molecule has 3 nitrogen and oxygen atoms in total. The van der Waals surface area contributed by atoms with Crippen molar-refractivity contribution >= 4 is 46.4 Å². The molecule has 0 bridgehead atoms. The predicted octanol–water partition coefficient (Wildman–Crippen LogP) is 5.59. The molecule has 0 aliphatic carbocycles. The number of aromatic nitrogens is 1. The lowest BCUT2D eigenvalue weighted by Gasteiger charge is -2.18. The van der Waals surface area contributed by atoms with E-state index in [2.05, 4.69) is 10.3 Å². The molecule has 1 aromatic heterocycles. The molecule has 0 spiro atoms. The molecule has 1 N–H and O–H groups in total. The molecule has 0 aliphatic rings. The van der Waals surface area contributed by atoms with E-state index >= 15 is 0 Å². The molecule has 22 heavy (non-hydrogen) atoms. The molecule has 1 aromatic carbocycles. The van der Waals surface area contributed by atoms with Crippen LogP contribution in [0.4, 0.5) is 5.69 Å². The van der Waals surface area contributed by atoms with Crippen LogP contribution in [0.1, 0.15) is 36.8 Å². The van der Waals surface area contributed by atoms with Crippen LogP contribution >= 0.6 is 34.8 Å². The zero-order valence-corrected chi connectivity index (χ0v) is 14.6. The Morgan fingerprint density at radius 1 is 1.05 bits per heavy atom. The van der Waals surface area contributed by atoms with Gasteiger partial charge in [0.15, 0.2) is 0 Å². The van der Waals surface area contributed by atoms with Gasteiger partial charge in [-0.25, -0.2) is 0 Å². The van der Waals surface area contributed by atoms with Crippen LogP contribution in [0.15, 0.2) is 30.5 Å². The number of pyridine rings is 1. The van der Waals surface area contributed by atoms with E-state index in [0.717, 1.165) is 5.69 Å². The lowest BCUT2D eigenvalue weighted by atomic mass is 9.91. The van der Waals surface area contributed by atoms with Gasteiger partial charge in [0.1, 0.15) is 0 Å². The Morgan fingerprint density at radius 2 is 1.68 bits per heavy atom. The van der Waals surface area contributed by atoms with Crippen LogP contribution in [0.25, 0.3) is 0 Å². The van der Waals surface area contributed by atoms with E-state index in [0.29, 0.717) is 26.3 Å². The average Bonchev–Trinajstić information content (AvgIpc) is 2.44. The smallest absolute Gasteiger partial charge is 0.255 e. The van der Waals surface area contributed by atoms with Gasteiger partial charge >= 0.3 is 0 Å². The first-order valence-electron chi connectivity index (χ1n) is 6.61. The minimum Gasteiger partial charge on any atom is -0.321 e. The molecule has 0 fully saturated rings. The van der Waals surface area contributed by atoms with Gasteiger partial charge in [-0.2, -0.15) is 0 Å². The van der Waals surface area contributed by atoms with E-state index in [9.17, 15) is 4.79 Å². The Balaban J connectivity index is 2.29. The van der Waals surface area contributed by atoms with Gasteiger partial charge in [0.25, 0.3) is 5.91 Å². The third-order valence-electron chi connectivity index (χ3n) is 3.05. The van der Waals surface area contributed by atoms with Gasteiger partial charge in [-0.1, -0.05) is 55.6 Å². The number of amides is 1. The lowest BCUT2D eigenvalue weighted by molar-refractivity contribution is 0.102. The summed E-state index contributed by atoms with van der Waals surface area (Å²) in [6.07, 6.45) is 1.62. The number of anilines is 1. The first-order valence-corrected chi connectivity index (χ1v) is 7.74. The fraction of sp³-hybridized carbons (Fsp3) is 0.250. The standard InChI is InChI=1S/C16H15Cl3N2O/c1-16(2,3)14-6-9(4-5-20-14)15(22)21-13-8-11(18)10(17)7-12(13)19/h4-8H,1-3H3,(H,21,22). The number of halogens is 3. The van der Waals surface area contributed by atoms with Crippen molar-refractivity contribution in [3.05, 3.63) is 56.8 Å². The van der Waals surface area contributed by atoms with Crippen LogP contribution < -0.4 is 5.32 Å². The highest BCUT2D eigenvalue weighted by Gasteiger charge is 2.18. The fourth-order valence-electron chi connectivity index (χ4n) is 1.79. The number of carbonyl (C=O) groups excluding carboxylic acids is 1. The molecule has 0 unspecified atom stereocenters. The van der Waals surface area contributed by atoms with Crippen molar-refractivity contribution in [3.8, 4) is 0 Å². The summed E-state index contributed by atoms with van der Waals surface area (Å²) in [5.41, 5.74) is 1.61. The van der Waals surface area contributed by atoms with Crippen LogP contribution in [0.5, 0.6) is 0 Å². The SMILES string of the molecule is CC(C)(C)c1cc(C(=O)Nc2cc(Cl)c(Cl)cc2Cl)ccn1. The highest BCUT2D eigenvalue weighted by Crippen LogP contribution is 2.32. The maximum absolute atomic E-state index is 12.4. The number of rotatable bonds is 2. The van der Waals surface area contributed by atoms with Crippen molar-refractivity contribution < 1.29 is 4.79 Å². The van der Waals surface area contributed by atoms with Gasteiger partial charge in [-0.05, 0) is 24.3 Å². The summed E-state index contributed by atoms with van der Waals surface area (Å²) in [5, 5.41) is 3.72. The van der Waals surface area contributed by atoms with Gasteiger partial charge in [0.2, 0.25) is 0 Å². The third kappa shape index (κ3) is 3.92. The maximum Gasteiger partial charge on any atom is 0.255 e. The van der Waals surface area contributed by atoms with Gasteiger partial charge in [0.05, 0.1) is 20.8 Å². The van der Waals surface area contributed by atoms with Crippen LogP contribution in [-0.4, -0.2) is 10.9 Å². The van der Waals surface area contributed by atoms with E-state index in [1.165, 1.54) is 12.1 Å². The molecular formula is C16H15Cl3N2O. The van der Waals surface area contributed by atoms with E-state index in [1.54, 1.807) is 18.3 Å². The van der Waals surface area contributed by atoms with Crippen LogP contribution in [0, 0.1) is 0 Å². The first-order chi connectivity index (χ1) is 10.2. The van der Waals surface area contributed by atoms with Crippen molar-refractivity contribution in [1.82, 2.24) is 4.98 Å². The van der Waals surface area contributed by atoms with E-state index in [4.69, 9.17) is 34.8 Å². The van der Waals surface area contributed by atoms with E-state index < -0.39 is 0 Å². The molecule has 0 saturated carbocycles. The molecule has 0 aliphatic heterocycles. The summed E-state index contributed by atoms with van der Waals surface area (Å²) < 4.78 is 0. The molecule has 2 rings (SSSR count). The zero-order valence-electron chi connectivity index (χ0n) is 12.4. The summed E-state index contributed by atoms with van der Waals surface area (Å²) in [6.45, 7) is 6.10. The summed E-state index contributed by atoms with van der Waals surface area (Å²) in [6, 6.07) is 6.43. The monoisotopic (exact) mass is 356 g/mol. The normalized spacial score (nSPS) is 11.4. The molecule has 2 aromatic rings. The predicted molar refractivity (Wildman–Crippen MR) is 92.4 cm³/mol. The fourth-order valence-corrected chi connectivity index (χ4v) is 2.39. The molecule has 0 atom stereocenters. The van der Waals surface area contributed by atoms with Crippen LogP contribution in [0.3, 0.4) is 0 Å². The van der Waals surface area contributed by atoms with Gasteiger partial charge in [0, 0.05) is 22.9 Å². The number of carbonyl (C=O) groups is 1. The Bertz CT molecular complexity index is 724. The summed E-state index contributed by atoms with van der Waals surface area (Å²) in [7, 11) is 0. The van der Waals surface area contributed by atoms with Crippen molar-refractivity contribution in [2.75, 3.05) is 5.32 Å². The highest BCUT2D eigenvalue weighted by molar-refractivity contribution is 6.44. The summed E-state index contributed by atoms with van der Waals surface area (Å²) in [5.74, 6) is -0.284. The maximum atomic E-state index is 12.4. The Hall–Kier alpha value is -1.29. The van der Waals surface area contributed by atoms with Gasteiger partial charge < -0.3 is 5.32 Å². The minimum absolute atomic E-state index is 0.141. The molecule has 0 radical (unpaired) electrons. The summed E-state index contributed by atoms with van der Waals surface area (Å²) in [4.78, 5) is 16.7. The number of benzene rings is 1. The Kier molecular flexibility index (Phi) is 5.00. The van der Waals surface area contributed by atoms with Gasteiger partial charge in [-0.3, -0.25) is 9.78 Å². The van der Waals surface area contributed by atoms with Gasteiger partial charge in [-0.15, -0.1) is 0 Å². The highest BCUT2D eigenvalue weighted by atomic mass is 35.5. The largest absolute Gasteiger partial charge is 0.321 e. The lowest BCUT2D eigenvalue weighted by Crippen LogP contribution is -2.17. The second-order valence-electron chi connectivity index (χ2n) is 5.88. The average molecular weight is 358 g/mol. The second kappa shape index (κ2) is 6.45. The van der Waals surface area contributed by atoms with Crippen LogP contribution in [-0.2, 0) is 5.41 Å². The second-order valence-corrected chi connectivity index (χ2v) is 7.10. The first kappa shape index (κ1) is 17.1. The quantitative estimate of drug-likeness (QED) is 0.712. The number of nitrogens with zero attached hydrogens (tertiary/aromatic N) is 1. The molecular weight excluding hydrogens is 343 g/mol.